The molecule has 0 heterocycles. The summed E-state index contributed by atoms with van der Waals surface area (Å²) in [5, 5.41) is 8.88. The maximum Gasteiger partial charge on any atom is 0.305 e. The van der Waals surface area contributed by atoms with Crippen LogP contribution in [0.15, 0.2) is 42.5 Å². The largest absolute Gasteiger partial charge is 0.469 e. The monoisotopic (exact) mass is 336 g/mol. The van der Waals surface area contributed by atoms with Gasteiger partial charge in [0.25, 0.3) is 0 Å². The lowest BCUT2D eigenvalue weighted by molar-refractivity contribution is -0.140. The third kappa shape index (κ3) is 4.92. The molecule has 0 saturated carbocycles. The molecule has 1 amide bonds. The van der Waals surface area contributed by atoms with Gasteiger partial charge in [-0.25, -0.2) is 0 Å². The molecule has 0 atom stereocenters. The van der Waals surface area contributed by atoms with Crippen molar-refractivity contribution in [2.24, 2.45) is 5.73 Å². The van der Waals surface area contributed by atoms with Crippen LogP contribution in [0.25, 0.3) is 11.1 Å². The molecule has 2 aromatic carbocycles. The molecule has 0 aromatic heterocycles. The fourth-order valence-corrected chi connectivity index (χ4v) is 2.63. The van der Waals surface area contributed by atoms with Gasteiger partial charge in [-0.3, -0.25) is 9.59 Å². The van der Waals surface area contributed by atoms with E-state index < -0.39 is 5.91 Å². The molecular weight excluding hydrogens is 316 g/mol. The molecule has 0 aliphatic rings. The number of primary amides is 1. The van der Waals surface area contributed by atoms with Crippen molar-refractivity contribution in [2.45, 2.75) is 25.7 Å². The number of esters is 1. The zero-order chi connectivity index (χ0) is 18.2. The molecule has 2 N–H and O–H groups in total. The third-order valence-electron chi connectivity index (χ3n) is 4.00. The van der Waals surface area contributed by atoms with Crippen molar-refractivity contribution in [3.05, 3.63) is 59.2 Å². The fraction of sp³-hybridized carbons (Fsp3) is 0.250. The Balaban J connectivity index is 2.15. The summed E-state index contributed by atoms with van der Waals surface area (Å²) in [6, 6.07) is 14.7. The summed E-state index contributed by atoms with van der Waals surface area (Å²) in [4.78, 5) is 22.9. The number of aryl methyl sites for hydroxylation is 1. The number of nitrogens with zero attached hydrogens (tertiary/aromatic N) is 1. The molecule has 0 fully saturated rings. The lowest BCUT2D eigenvalue weighted by Crippen LogP contribution is -2.13. The number of nitriles is 1. The van der Waals surface area contributed by atoms with Crippen LogP contribution in [0.3, 0.4) is 0 Å². The molecule has 2 rings (SSSR count). The van der Waals surface area contributed by atoms with Gasteiger partial charge in [-0.1, -0.05) is 24.3 Å². The van der Waals surface area contributed by atoms with Crippen molar-refractivity contribution in [1.29, 1.82) is 5.26 Å². The van der Waals surface area contributed by atoms with Crippen molar-refractivity contribution in [1.82, 2.24) is 0 Å². The van der Waals surface area contributed by atoms with E-state index in [1.54, 1.807) is 30.3 Å². The van der Waals surface area contributed by atoms with Gasteiger partial charge in [-0.2, -0.15) is 5.26 Å². The van der Waals surface area contributed by atoms with Crippen LogP contribution in [-0.2, 0) is 16.0 Å². The highest BCUT2D eigenvalue weighted by Gasteiger charge is 2.11. The maximum atomic E-state index is 11.8. The number of benzene rings is 2. The van der Waals surface area contributed by atoms with Gasteiger partial charge in [0.15, 0.2) is 0 Å². The summed E-state index contributed by atoms with van der Waals surface area (Å²) in [7, 11) is 1.38. The highest BCUT2D eigenvalue weighted by molar-refractivity contribution is 6.00. The third-order valence-corrected chi connectivity index (χ3v) is 4.00. The minimum Gasteiger partial charge on any atom is -0.469 e. The molecule has 5 heteroatoms. The van der Waals surface area contributed by atoms with E-state index in [1.165, 1.54) is 7.11 Å². The summed E-state index contributed by atoms with van der Waals surface area (Å²) in [6.45, 7) is 0. The van der Waals surface area contributed by atoms with Crippen molar-refractivity contribution in [3.63, 3.8) is 0 Å². The van der Waals surface area contributed by atoms with Crippen molar-refractivity contribution in [2.75, 3.05) is 7.11 Å². The van der Waals surface area contributed by atoms with Crippen molar-refractivity contribution in [3.8, 4) is 17.2 Å². The molecule has 25 heavy (non-hydrogen) atoms. The molecule has 0 aliphatic carbocycles. The number of nitrogens with two attached hydrogens (primary N) is 1. The maximum absolute atomic E-state index is 11.8. The SMILES string of the molecule is COC(=O)CCCCc1ccc(-c2ccc(C#N)cc2)c(C(N)=O)c1. The molecule has 2 aromatic rings. The number of carbonyl (C=O) groups is 2. The second-order valence-electron chi connectivity index (χ2n) is 5.72. The van der Waals surface area contributed by atoms with E-state index in [0.717, 1.165) is 36.0 Å². The normalized spacial score (nSPS) is 10.1. The topological polar surface area (TPSA) is 93.2 Å². The second-order valence-corrected chi connectivity index (χ2v) is 5.72. The van der Waals surface area contributed by atoms with Gasteiger partial charge in [-0.05, 0) is 54.2 Å². The van der Waals surface area contributed by atoms with Gasteiger partial charge in [0.05, 0.1) is 18.7 Å². The van der Waals surface area contributed by atoms with E-state index in [9.17, 15) is 9.59 Å². The minimum atomic E-state index is -0.490. The first-order valence-corrected chi connectivity index (χ1v) is 8.05. The van der Waals surface area contributed by atoms with Crippen LogP contribution >= 0.6 is 0 Å². The molecular formula is C20H20N2O3. The number of hydrogen-bond acceptors (Lipinski definition) is 4. The lowest BCUT2D eigenvalue weighted by Gasteiger charge is -2.10. The van der Waals surface area contributed by atoms with Crippen LogP contribution in [0.5, 0.6) is 0 Å². The first kappa shape index (κ1) is 18.2. The van der Waals surface area contributed by atoms with Crippen LogP contribution in [-0.4, -0.2) is 19.0 Å². The summed E-state index contributed by atoms with van der Waals surface area (Å²) in [6.07, 6.45) is 2.70. The Morgan fingerprint density at radius 1 is 1.12 bits per heavy atom. The van der Waals surface area contributed by atoms with Gasteiger partial charge < -0.3 is 10.5 Å². The number of carbonyl (C=O) groups excluding carboxylic acids is 2. The van der Waals surface area contributed by atoms with Crippen LogP contribution in [0.1, 0.15) is 40.7 Å². The Kier molecular flexibility index (Phi) is 6.30. The lowest BCUT2D eigenvalue weighted by atomic mass is 9.95. The van der Waals surface area contributed by atoms with E-state index in [0.29, 0.717) is 17.5 Å². The predicted molar refractivity (Wildman–Crippen MR) is 94.7 cm³/mol. The van der Waals surface area contributed by atoms with E-state index in [4.69, 9.17) is 11.0 Å². The van der Waals surface area contributed by atoms with Crippen molar-refractivity contribution < 1.29 is 14.3 Å². The number of amides is 1. The summed E-state index contributed by atoms with van der Waals surface area (Å²) < 4.78 is 4.61. The Hall–Kier alpha value is -3.13. The van der Waals surface area contributed by atoms with Gasteiger partial charge in [0.2, 0.25) is 5.91 Å². The molecule has 0 radical (unpaired) electrons. The first-order valence-electron chi connectivity index (χ1n) is 8.05. The highest BCUT2D eigenvalue weighted by atomic mass is 16.5. The van der Waals surface area contributed by atoms with E-state index in [2.05, 4.69) is 10.8 Å². The number of rotatable bonds is 7. The average molecular weight is 336 g/mol. The Morgan fingerprint density at radius 3 is 2.44 bits per heavy atom. The summed E-state index contributed by atoms with van der Waals surface area (Å²) in [5.74, 6) is -0.704. The fourth-order valence-electron chi connectivity index (χ4n) is 2.63. The van der Waals surface area contributed by atoms with Crippen LogP contribution in [0.2, 0.25) is 0 Å². The molecule has 0 bridgehead atoms. The van der Waals surface area contributed by atoms with Gasteiger partial charge in [0, 0.05) is 12.0 Å². The number of methoxy groups -OCH3 is 1. The van der Waals surface area contributed by atoms with Gasteiger partial charge in [0.1, 0.15) is 0 Å². The van der Waals surface area contributed by atoms with Gasteiger partial charge in [-0.15, -0.1) is 0 Å². The van der Waals surface area contributed by atoms with Gasteiger partial charge >= 0.3 is 5.97 Å². The standard InChI is InChI=1S/C20H20N2O3/c1-25-19(23)5-3-2-4-14-8-11-17(18(12-14)20(22)24)16-9-6-15(13-21)7-10-16/h6-12H,2-5H2,1H3,(H2,22,24). The van der Waals surface area contributed by atoms with Crippen molar-refractivity contribution >= 4 is 11.9 Å². The van der Waals surface area contributed by atoms with E-state index in [-0.39, 0.29) is 5.97 Å². The highest BCUT2D eigenvalue weighted by Crippen LogP contribution is 2.25. The van der Waals surface area contributed by atoms with Crippen LogP contribution in [0.4, 0.5) is 0 Å². The molecule has 5 nitrogen and oxygen atoms in total. The molecule has 0 unspecified atom stereocenters. The second kappa shape index (κ2) is 8.65. The summed E-state index contributed by atoms with van der Waals surface area (Å²) in [5.41, 5.74) is 9.13. The summed E-state index contributed by atoms with van der Waals surface area (Å²) >= 11 is 0. The van der Waals surface area contributed by atoms with E-state index in [1.807, 2.05) is 12.1 Å². The molecule has 0 spiro atoms. The zero-order valence-electron chi connectivity index (χ0n) is 14.1. The van der Waals surface area contributed by atoms with Crippen LogP contribution < -0.4 is 5.73 Å². The Morgan fingerprint density at radius 2 is 1.84 bits per heavy atom. The number of hydrogen-bond donors (Lipinski definition) is 1. The first-order chi connectivity index (χ1) is 12.0. The minimum absolute atomic E-state index is 0.214. The quantitative estimate of drug-likeness (QED) is 0.620. The predicted octanol–water partition coefficient (Wildman–Crippen LogP) is 3.21. The Labute approximate surface area is 147 Å². The smallest absolute Gasteiger partial charge is 0.305 e. The molecule has 128 valence electrons. The average Bonchev–Trinajstić information content (AvgIpc) is 2.64. The van der Waals surface area contributed by atoms with Crippen LogP contribution in [0, 0.1) is 11.3 Å². The number of ether oxygens (including phenoxy) is 1. The van der Waals surface area contributed by atoms with E-state index >= 15 is 0 Å². The zero-order valence-corrected chi connectivity index (χ0v) is 14.1. The Bertz CT molecular complexity index is 805. The molecule has 0 aliphatic heterocycles. The number of unbranched alkanes of at least 4 members (excludes halogenated alkanes) is 1. The molecule has 0 saturated heterocycles.